The quantitative estimate of drug-likeness (QED) is 0.368. The molecule has 5 nitrogen and oxygen atoms in total. The van der Waals surface area contributed by atoms with E-state index in [1.54, 1.807) is 0 Å². The molecule has 1 aromatic carbocycles. The van der Waals surface area contributed by atoms with Crippen LogP contribution in [0, 0.1) is 12.8 Å². The van der Waals surface area contributed by atoms with Crippen LogP contribution in [-0.4, -0.2) is 44.1 Å². The van der Waals surface area contributed by atoms with Gasteiger partial charge in [-0.3, -0.25) is 4.99 Å². The highest BCUT2D eigenvalue weighted by Crippen LogP contribution is 2.24. The van der Waals surface area contributed by atoms with E-state index in [0.29, 0.717) is 6.54 Å². The van der Waals surface area contributed by atoms with E-state index in [9.17, 15) is 0 Å². The Morgan fingerprint density at radius 2 is 1.96 bits per heavy atom. The number of guanidine groups is 1. The zero-order chi connectivity index (χ0) is 18.4. The van der Waals surface area contributed by atoms with E-state index in [2.05, 4.69) is 40.4 Å². The van der Waals surface area contributed by atoms with Gasteiger partial charge in [-0.15, -0.1) is 24.0 Å². The van der Waals surface area contributed by atoms with Crippen molar-refractivity contribution in [2.75, 3.05) is 33.2 Å². The molecular formula is C21H33IN4O. The number of nitrogens with zero attached hydrogens (tertiary/aromatic N) is 2. The number of nitrogens with one attached hydrogen (secondary N) is 2. The molecule has 0 atom stereocenters. The molecule has 1 aliphatic heterocycles. The molecule has 0 aliphatic carbocycles. The first-order valence-corrected chi connectivity index (χ1v) is 9.85. The van der Waals surface area contributed by atoms with Crippen LogP contribution in [0.3, 0.4) is 0 Å². The summed E-state index contributed by atoms with van der Waals surface area (Å²) in [5.41, 5.74) is 2.15. The maximum atomic E-state index is 5.97. The smallest absolute Gasteiger partial charge is 0.191 e. The van der Waals surface area contributed by atoms with Crippen molar-refractivity contribution in [3.8, 4) is 0 Å². The molecule has 1 saturated heterocycles. The number of aryl methyl sites for hydroxylation is 1. The Balaban J connectivity index is 0.00000261. The molecule has 1 aliphatic rings. The molecule has 1 fully saturated rings. The molecule has 1 aromatic heterocycles. The third-order valence-corrected chi connectivity index (χ3v) is 5.39. The van der Waals surface area contributed by atoms with Gasteiger partial charge in [-0.25, -0.2) is 0 Å². The number of piperidine rings is 1. The molecule has 0 spiro atoms. The SMILES string of the molecule is CCCN1CCC(CNC(=NC)NCc2oc3ccccc3c2C)CC1.I. The molecule has 0 amide bonds. The van der Waals surface area contributed by atoms with E-state index in [-0.39, 0.29) is 24.0 Å². The predicted octanol–water partition coefficient (Wildman–Crippen LogP) is 4.15. The fourth-order valence-corrected chi connectivity index (χ4v) is 3.75. The predicted molar refractivity (Wildman–Crippen MR) is 124 cm³/mol. The minimum Gasteiger partial charge on any atom is -0.459 e. The van der Waals surface area contributed by atoms with Crippen molar-refractivity contribution in [1.29, 1.82) is 0 Å². The summed E-state index contributed by atoms with van der Waals surface area (Å²) < 4.78 is 5.97. The summed E-state index contributed by atoms with van der Waals surface area (Å²) in [6.07, 6.45) is 3.79. The summed E-state index contributed by atoms with van der Waals surface area (Å²) >= 11 is 0. The number of hydrogen-bond acceptors (Lipinski definition) is 3. The molecule has 0 unspecified atom stereocenters. The molecule has 0 saturated carbocycles. The summed E-state index contributed by atoms with van der Waals surface area (Å²) in [5, 5.41) is 8.07. The van der Waals surface area contributed by atoms with E-state index in [0.717, 1.165) is 29.8 Å². The third-order valence-electron chi connectivity index (χ3n) is 5.39. The van der Waals surface area contributed by atoms with Crippen LogP contribution in [0.4, 0.5) is 0 Å². The van der Waals surface area contributed by atoms with Crippen LogP contribution >= 0.6 is 24.0 Å². The molecule has 27 heavy (non-hydrogen) atoms. The fourth-order valence-electron chi connectivity index (χ4n) is 3.75. The van der Waals surface area contributed by atoms with Crippen LogP contribution in [0.1, 0.15) is 37.5 Å². The van der Waals surface area contributed by atoms with Crippen LogP contribution < -0.4 is 10.6 Å². The van der Waals surface area contributed by atoms with E-state index in [1.165, 1.54) is 49.8 Å². The average molecular weight is 484 g/mol. The Bertz CT molecular complexity index is 735. The van der Waals surface area contributed by atoms with Gasteiger partial charge in [0.25, 0.3) is 0 Å². The van der Waals surface area contributed by atoms with Crippen LogP contribution in [0.5, 0.6) is 0 Å². The normalized spacial score (nSPS) is 16.3. The molecule has 2 N–H and O–H groups in total. The lowest BCUT2D eigenvalue weighted by Gasteiger charge is -2.32. The van der Waals surface area contributed by atoms with Crippen LogP contribution in [0.15, 0.2) is 33.7 Å². The first-order valence-electron chi connectivity index (χ1n) is 9.85. The van der Waals surface area contributed by atoms with Crippen molar-refractivity contribution >= 4 is 40.9 Å². The highest BCUT2D eigenvalue weighted by molar-refractivity contribution is 14.0. The van der Waals surface area contributed by atoms with Crippen molar-refractivity contribution in [1.82, 2.24) is 15.5 Å². The molecule has 0 bridgehead atoms. The van der Waals surface area contributed by atoms with E-state index in [1.807, 2.05) is 25.2 Å². The number of hydrogen-bond donors (Lipinski definition) is 2. The first-order chi connectivity index (χ1) is 12.7. The number of para-hydroxylation sites is 1. The minimum absolute atomic E-state index is 0. The van der Waals surface area contributed by atoms with Crippen LogP contribution in [0.2, 0.25) is 0 Å². The Labute approximate surface area is 180 Å². The fraction of sp³-hybridized carbons (Fsp3) is 0.571. The van der Waals surface area contributed by atoms with Gasteiger partial charge in [0.1, 0.15) is 11.3 Å². The summed E-state index contributed by atoms with van der Waals surface area (Å²) in [7, 11) is 1.82. The van der Waals surface area contributed by atoms with Crippen LogP contribution in [0.25, 0.3) is 11.0 Å². The van der Waals surface area contributed by atoms with E-state index in [4.69, 9.17) is 4.42 Å². The minimum atomic E-state index is 0. The Morgan fingerprint density at radius 1 is 1.22 bits per heavy atom. The molecule has 3 rings (SSSR count). The van der Waals surface area contributed by atoms with E-state index >= 15 is 0 Å². The summed E-state index contributed by atoms with van der Waals surface area (Å²) in [4.78, 5) is 6.94. The second-order valence-electron chi connectivity index (χ2n) is 7.24. The maximum Gasteiger partial charge on any atom is 0.191 e. The highest BCUT2D eigenvalue weighted by atomic mass is 127. The summed E-state index contributed by atoms with van der Waals surface area (Å²) in [6, 6.07) is 8.18. The van der Waals surface area contributed by atoms with Crippen LogP contribution in [-0.2, 0) is 6.54 Å². The second kappa shape index (κ2) is 10.9. The largest absolute Gasteiger partial charge is 0.459 e. The molecule has 150 valence electrons. The lowest BCUT2D eigenvalue weighted by molar-refractivity contribution is 0.185. The van der Waals surface area contributed by atoms with Crippen molar-refractivity contribution in [2.45, 2.75) is 39.7 Å². The number of halogens is 1. The van der Waals surface area contributed by atoms with Gasteiger partial charge in [0, 0.05) is 24.5 Å². The molecule has 6 heteroatoms. The standard InChI is InChI=1S/C21H32N4O.HI/c1-4-11-25-12-9-17(10-13-25)14-23-21(22-3)24-15-20-16(2)18-7-5-6-8-19(18)26-20;/h5-8,17H,4,9-15H2,1-3H3,(H2,22,23,24);1H. The highest BCUT2D eigenvalue weighted by Gasteiger charge is 2.18. The van der Waals surface area contributed by atoms with Crippen molar-refractivity contribution in [3.05, 3.63) is 35.6 Å². The number of rotatable bonds is 6. The molecular weight excluding hydrogens is 451 g/mol. The van der Waals surface area contributed by atoms with Gasteiger partial charge < -0.3 is 20.0 Å². The van der Waals surface area contributed by atoms with Gasteiger partial charge in [0.05, 0.1) is 6.54 Å². The Kier molecular flexibility index (Phi) is 8.89. The number of furan rings is 1. The summed E-state index contributed by atoms with van der Waals surface area (Å²) in [5.74, 6) is 2.55. The van der Waals surface area contributed by atoms with Gasteiger partial charge in [-0.05, 0) is 57.8 Å². The third kappa shape index (κ3) is 5.85. The molecule has 0 radical (unpaired) electrons. The number of likely N-dealkylation sites (tertiary alicyclic amines) is 1. The zero-order valence-corrected chi connectivity index (χ0v) is 19.1. The number of benzene rings is 1. The molecule has 2 heterocycles. The summed E-state index contributed by atoms with van der Waals surface area (Å²) in [6.45, 7) is 9.69. The van der Waals surface area contributed by atoms with Gasteiger partial charge in [0.2, 0.25) is 0 Å². The number of aliphatic imine (C=N–C) groups is 1. The van der Waals surface area contributed by atoms with Gasteiger partial charge in [-0.1, -0.05) is 25.1 Å². The zero-order valence-electron chi connectivity index (χ0n) is 16.8. The lowest BCUT2D eigenvalue weighted by Crippen LogP contribution is -2.42. The Hall–Kier alpha value is -1.28. The van der Waals surface area contributed by atoms with Crippen molar-refractivity contribution in [3.63, 3.8) is 0 Å². The second-order valence-corrected chi connectivity index (χ2v) is 7.24. The first kappa shape index (κ1) is 22.0. The monoisotopic (exact) mass is 484 g/mol. The van der Waals surface area contributed by atoms with Gasteiger partial charge in [-0.2, -0.15) is 0 Å². The average Bonchev–Trinajstić information content (AvgIpc) is 2.99. The van der Waals surface area contributed by atoms with Gasteiger partial charge >= 0.3 is 0 Å². The lowest BCUT2D eigenvalue weighted by atomic mass is 9.97. The van der Waals surface area contributed by atoms with Crippen molar-refractivity contribution < 1.29 is 4.42 Å². The maximum absolute atomic E-state index is 5.97. The number of fused-ring (bicyclic) bond motifs is 1. The van der Waals surface area contributed by atoms with Crippen molar-refractivity contribution in [2.24, 2.45) is 10.9 Å². The topological polar surface area (TPSA) is 52.8 Å². The van der Waals surface area contributed by atoms with Gasteiger partial charge in [0.15, 0.2) is 5.96 Å². The molecule has 2 aromatic rings. The van der Waals surface area contributed by atoms with E-state index < -0.39 is 0 Å². The Morgan fingerprint density at radius 3 is 2.63 bits per heavy atom.